The molecule has 2 aromatic carbocycles. The summed E-state index contributed by atoms with van der Waals surface area (Å²) in [5.74, 6) is -0.860. The number of nitro groups is 1. The van der Waals surface area contributed by atoms with Gasteiger partial charge in [-0.2, -0.15) is 0 Å². The maximum absolute atomic E-state index is 11.3. The molecule has 0 aliphatic heterocycles. The lowest BCUT2D eigenvalue weighted by Gasteiger charge is -2.01. The maximum atomic E-state index is 11.3. The van der Waals surface area contributed by atoms with Gasteiger partial charge in [0.25, 0.3) is 0 Å². The van der Waals surface area contributed by atoms with E-state index in [2.05, 4.69) is 0 Å². The molecule has 0 unspecified atom stereocenters. The van der Waals surface area contributed by atoms with E-state index >= 15 is 0 Å². The number of nitrogens with two attached hydrogens (primary N) is 1. The van der Waals surface area contributed by atoms with Crippen LogP contribution < -0.4 is 5.73 Å². The lowest BCUT2D eigenvalue weighted by atomic mass is 10.0. The van der Waals surface area contributed by atoms with E-state index in [1.807, 2.05) is 19.1 Å². The zero-order chi connectivity index (χ0) is 15.9. The number of nitrogens with zero attached hydrogens (tertiary/aromatic N) is 1. The Hall–Kier alpha value is -3.15. The molecule has 0 aliphatic carbocycles. The summed E-state index contributed by atoms with van der Waals surface area (Å²) >= 11 is 0. The molecule has 0 fully saturated rings. The number of carbonyl (C=O) groups is 1. The molecule has 3 aromatic rings. The summed E-state index contributed by atoms with van der Waals surface area (Å²) in [5.41, 5.74) is 7.97. The van der Waals surface area contributed by atoms with E-state index in [0.717, 1.165) is 5.56 Å². The summed E-state index contributed by atoms with van der Waals surface area (Å²) < 4.78 is 5.36. The number of hydrogen-bond donors (Lipinski definition) is 1. The summed E-state index contributed by atoms with van der Waals surface area (Å²) in [6.07, 6.45) is 0. The van der Waals surface area contributed by atoms with Gasteiger partial charge in [-0.1, -0.05) is 23.8 Å². The third kappa shape index (κ3) is 2.20. The topological polar surface area (TPSA) is 99.4 Å². The van der Waals surface area contributed by atoms with Gasteiger partial charge in [-0.3, -0.25) is 14.9 Å². The molecule has 22 heavy (non-hydrogen) atoms. The summed E-state index contributed by atoms with van der Waals surface area (Å²) in [4.78, 5) is 21.8. The number of amides is 1. The summed E-state index contributed by atoms with van der Waals surface area (Å²) in [7, 11) is 0. The van der Waals surface area contributed by atoms with Crippen molar-refractivity contribution in [2.45, 2.75) is 6.92 Å². The molecule has 0 saturated heterocycles. The van der Waals surface area contributed by atoms with Crippen molar-refractivity contribution in [1.82, 2.24) is 0 Å². The molecule has 1 aromatic heterocycles. The van der Waals surface area contributed by atoms with Gasteiger partial charge < -0.3 is 10.2 Å². The fraction of sp³-hybridized carbons (Fsp3) is 0.0625. The van der Waals surface area contributed by atoms with E-state index < -0.39 is 10.8 Å². The number of carbonyl (C=O) groups excluding carboxylic acids is 1. The second-order valence-electron chi connectivity index (χ2n) is 4.98. The molecule has 3 rings (SSSR count). The van der Waals surface area contributed by atoms with Gasteiger partial charge in [-0.15, -0.1) is 0 Å². The first-order chi connectivity index (χ1) is 10.5. The summed E-state index contributed by atoms with van der Waals surface area (Å²) in [6, 6.07) is 11.7. The van der Waals surface area contributed by atoms with Crippen LogP contribution in [0.5, 0.6) is 0 Å². The molecule has 0 spiro atoms. The van der Waals surface area contributed by atoms with E-state index in [9.17, 15) is 14.9 Å². The molecular weight excluding hydrogens is 284 g/mol. The second-order valence-corrected chi connectivity index (χ2v) is 4.98. The fourth-order valence-electron chi connectivity index (χ4n) is 2.41. The van der Waals surface area contributed by atoms with Crippen molar-refractivity contribution in [1.29, 1.82) is 0 Å². The average molecular weight is 296 g/mol. The van der Waals surface area contributed by atoms with Crippen LogP contribution >= 0.6 is 0 Å². The van der Waals surface area contributed by atoms with Gasteiger partial charge in [-0.05, 0) is 36.8 Å². The third-order valence-electron chi connectivity index (χ3n) is 3.45. The highest BCUT2D eigenvalue weighted by Crippen LogP contribution is 2.40. The third-order valence-corrected chi connectivity index (χ3v) is 3.45. The highest BCUT2D eigenvalue weighted by Gasteiger charge is 2.25. The Balaban J connectivity index is 2.27. The van der Waals surface area contributed by atoms with Crippen LogP contribution in [0.2, 0.25) is 0 Å². The van der Waals surface area contributed by atoms with Crippen LogP contribution in [-0.4, -0.2) is 10.8 Å². The molecule has 2 N–H and O–H groups in total. The van der Waals surface area contributed by atoms with Gasteiger partial charge in [0.2, 0.25) is 5.91 Å². The maximum Gasteiger partial charge on any atom is 0.442 e. The van der Waals surface area contributed by atoms with Crippen LogP contribution in [-0.2, 0) is 0 Å². The first kappa shape index (κ1) is 13.8. The van der Waals surface area contributed by atoms with Crippen molar-refractivity contribution < 1.29 is 14.1 Å². The highest BCUT2D eigenvalue weighted by molar-refractivity contribution is 6.00. The molecule has 0 atom stereocenters. The predicted octanol–water partition coefficient (Wildman–Crippen LogP) is 3.42. The normalized spacial score (nSPS) is 10.8. The van der Waals surface area contributed by atoms with E-state index in [-0.39, 0.29) is 5.88 Å². The lowest BCUT2D eigenvalue weighted by molar-refractivity contribution is -0.400. The molecular formula is C16H12N2O4. The fourth-order valence-corrected chi connectivity index (χ4v) is 2.41. The number of fused-ring (bicyclic) bond motifs is 1. The molecule has 1 amide bonds. The van der Waals surface area contributed by atoms with Crippen molar-refractivity contribution >= 4 is 22.8 Å². The van der Waals surface area contributed by atoms with E-state index in [1.165, 1.54) is 12.1 Å². The van der Waals surface area contributed by atoms with Crippen molar-refractivity contribution in [2.75, 3.05) is 0 Å². The molecule has 1 heterocycles. The zero-order valence-corrected chi connectivity index (χ0v) is 11.7. The minimum atomic E-state index is -0.549. The number of benzene rings is 2. The first-order valence-corrected chi connectivity index (χ1v) is 6.55. The Bertz CT molecular complexity index is 894. The Kier molecular flexibility index (Phi) is 3.14. The number of hydrogen-bond acceptors (Lipinski definition) is 4. The standard InChI is InChI=1S/C16H12N2O4/c1-9-2-7-13-12(8-9)14(16(22-13)18(20)21)10-3-5-11(6-4-10)15(17)19/h2-8H,1H3,(H2,17,19). The number of furan rings is 1. The van der Waals surface area contributed by atoms with E-state index in [1.54, 1.807) is 18.2 Å². The van der Waals surface area contributed by atoms with Crippen molar-refractivity contribution in [2.24, 2.45) is 5.73 Å². The Morgan fingerprint density at radius 1 is 1.18 bits per heavy atom. The Morgan fingerprint density at radius 2 is 1.86 bits per heavy atom. The van der Waals surface area contributed by atoms with Gasteiger partial charge >= 0.3 is 5.88 Å². The molecule has 0 radical (unpaired) electrons. The zero-order valence-electron chi connectivity index (χ0n) is 11.7. The molecule has 0 bridgehead atoms. The second kappa shape index (κ2) is 5.00. The van der Waals surface area contributed by atoms with Gasteiger partial charge in [-0.25, -0.2) is 0 Å². The number of rotatable bonds is 3. The van der Waals surface area contributed by atoms with E-state index in [4.69, 9.17) is 10.2 Å². The number of aryl methyl sites for hydroxylation is 1. The molecule has 6 heteroatoms. The van der Waals surface area contributed by atoms with Crippen LogP contribution in [0.3, 0.4) is 0 Å². The first-order valence-electron chi connectivity index (χ1n) is 6.55. The monoisotopic (exact) mass is 296 g/mol. The summed E-state index contributed by atoms with van der Waals surface area (Å²) in [6.45, 7) is 1.90. The predicted molar refractivity (Wildman–Crippen MR) is 81.6 cm³/mol. The van der Waals surface area contributed by atoms with Gasteiger partial charge in [0.1, 0.15) is 16.1 Å². The minimum Gasteiger partial charge on any atom is -0.400 e. The smallest absolute Gasteiger partial charge is 0.400 e. The number of primary amides is 1. The van der Waals surface area contributed by atoms with Crippen LogP contribution in [0.1, 0.15) is 15.9 Å². The lowest BCUT2D eigenvalue weighted by Crippen LogP contribution is -2.10. The quantitative estimate of drug-likeness (QED) is 0.591. The Morgan fingerprint density at radius 3 is 2.45 bits per heavy atom. The summed E-state index contributed by atoms with van der Waals surface area (Å²) in [5, 5.41) is 11.9. The SMILES string of the molecule is Cc1ccc2oc([N+](=O)[O-])c(-c3ccc(C(N)=O)cc3)c2c1. The van der Waals surface area contributed by atoms with Crippen LogP contribution in [0.4, 0.5) is 5.88 Å². The molecule has 110 valence electrons. The van der Waals surface area contributed by atoms with Crippen LogP contribution in [0, 0.1) is 17.0 Å². The van der Waals surface area contributed by atoms with E-state index in [0.29, 0.717) is 27.7 Å². The largest absolute Gasteiger partial charge is 0.442 e. The van der Waals surface area contributed by atoms with Crippen molar-refractivity contribution in [3.05, 3.63) is 63.7 Å². The molecule has 0 aliphatic rings. The minimum absolute atomic E-state index is 0.313. The Labute approximate surface area is 125 Å². The van der Waals surface area contributed by atoms with Crippen molar-refractivity contribution in [3.63, 3.8) is 0 Å². The molecule has 0 saturated carbocycles. The molecule has 6 nitrogen and oxygen atoms in total. The van der Waals surface area contributed by atoms with Gasteiger partial charge in [0.15, 0.2) is 0 Å². The van der Waals surface area contributed by atoms with Gasteiger partial charge in [0.05, 0.1) is 0 Å². The van der Waals surface area contributed by atoms with Crippen LogP contribution in [0.15, 0.2) is 46.9 Å². The van der Waals surface area contributed by atoms with Crippen molar-refractivity contribution in [3.8, 4) is 11.1 Å². The highest BCUT2D eigenvalue weighted by atomic mass is 16.6. The average Bonchev–Trinajstić information content (AvgIpc) is 2.86. The van der Waals surface area contributed by atoms with Gasteiger partial charge in [0, 0.05) is 10.9 Å². The van der Waals surface area contributed by atoms with Crippen LogP contribution in [0.25, 0.3) is 22.1 Å².